The van der Waals surface area contributed by atoms with Crippen LogP contribution in [0.5, 0.6) is 5.75 Å². The Bertz CT molecular complexity index is 963. The van der Waals surface area contributed by atoms with E-state index in [4.69, 9.17) is 33.0 Å². The van der Waals surface area contributed by atoms with E-state index in [9.17, 15) is 9.59 Å². The molecule has 1 heterocycles. The molecule has 2 aliphatic rings. The van der Waals surface area contributed by atoms with E-state index < -0.39 is 5.97 Å². The Labute approximate surface area is 198 Å². The highest BCUT2D eigenvalue weighted by molar-refractivity contribution is 6.36. The summed E-state index contributed by atoms with van der Waals surface area (Å²) in [5, 5.41) is 9.83. The van der Waals surface area contributed by atoms with Crippen LogP contribution in [-0.4, -0.2) is 41.1 Å². The normalized spacial score (nSPS) is 19.4. The van der Waals surface area contributed by atoms with Gasteiger partial charge in [-0.1, -0.05) is 54.6 Å². The third-order valence-corrected chi connectivity index (χ3v) is 7.18. The second-order valence-electron chi connectivity index (χ2n) is 8.64. The maximum absolute atomic E-state index is 13.0. The van der Waals surface area contributed by atoms with Gasteiger partial charge in [-0.05, 0) is 66.6 Å². The molecule has 2 aromatic carbocycles. The van der Waals surface area contributed by atoms with Crippen molar-refractivity contribution in [2.75, 3.05) is 13.2 Å². The number of aliphatic carboxylic acids is 1. The zero-order valence-electron chi connectivity index (χ0n) is 17.9. The maximum atomic E-state index is 13.0. The Kier molecular flexibility index (Phi) is 7.27. The molecule has 0 aromatic heterocycles. The molecule has 0 bridgehead atoms. The molecule has 32 heavy (non-hydrogen) atoms. The van der Waals surface area contributed by atoms with Crippen molar-refractivity contribution in [3.8, 4) is 16.9 Å². The first kappa shape index (κ1) is 22.9. The lowest BCUT2D eigenvalue weighted by Gasteiger charge is -2.31. The number of hydrogen-bond acceptors (Lipinski definition) is 3. The van der Waals surface area contributed by atoms with Gasteiger partial charge in [0.15, 0.2) is 6.61 Å². The first-order valence-corrected chi connectivity index (χ1v) is 11.9. The van der Waals surface area contributed by atoms with Crippen LogP contribution in [0.15, 0.2) is 36.4 Å². The molecule has 1 saturated carbocycles. The van der Waals surface area contributed by atoms with Crippen LogP contribution in [0.25, 0.3) is 11.1 Å². The van der Waals surface area contributed by atoms with Gasteiger partial charge in [0.05, 0.1) is 0 Å². The Hall–Kier alpha value is -2.24. The molecule has 1 aliphatic carbocycles. The topological polar surface area (TPSA) is 66.8 Å². The summed E-state index contributed by atoms with van der Waals surface area (Å²) in [6.07, 6.45) is 7.35. The van der Waals surface area contributed by atoms with Gasteiger partial charge < -0.3 is 14.7 Å². The Morgan fingerprint density at radius 1 is 1.00 bits per heavy atom. The van der Waals surface area contributed by atoms with Crippen LogP contribution in [0.1, 0.15) is 44.1 Å². The molecule has 170 valence electrons. The fourth-order valence-corrected chi connectivity index (χ4v) is 5.45. The van der Waals surface area contributed by atoms with Gasteiger partial charge in [0.1, 0.15) is 5.75 Å². The van der Waals surface area contributed by atoms with E-state index in [2.05, 4.69) is 4.90 Å². The molecule has 7 heteroatoms. The zero-order valence-corrected chi connectivity index (χ0v) is 19.4. The summed E-state index contributed by atoms with van der Waals surface area (Å²) in [4.78, 5) is 25.8. The number of nitrogens with zero attached hydrogens (tertiary/aromatic N) is 1. The van der Waals surface area contributed by atoms with E-state index in [1.54, 1.807) is 12.1 Å². The molecule has 1 aliphatic heterocycles. The summed E-state index contributed by atoms with van der Waals surface area (Å²) in [5.74, 6) is -0.369. The number of carboxylic acids is 1. The van der Waals surface area contributed by atoms with Crippen molar-refractivity contribution < 1.29 is 19.4 Å². The summed E-state index contributed by atoms with van der Waals surface area (Å²) < 4.78 is 5.17. The molecule has 2 fully saturated rings. The predicted octanol–water partition coefficient (Wildman–Crippen LogP) is 5.85. The van der Waals surface area contributed by atoms with E-state index in [1.807, 2.05) is 24.3 Å². The molecule has 1 amide bonds. The molecule has 5 nitrogen and oxygen atoms in total. The number of rotatable bonds is 7. The van der Waals surface area contributed by atoms with Gasteiger partial charge in [-0.3, -0.25) is 4.79 Å². The standard InChI is InChI=1S/C25H27Cl2NO4/c26-22-13-18(16-6-8-20(9-7-16)32-15-24(29)30)14-23(27)21(22)12-17-10-11-28(25(17)31)19-4-2-1-3-5-19/h6-9,13-14,17,19H,1-5,10-12,15H2,(H,29,30). The fourth-order valence-electron chi connectivity index (χ4n) is 4.81. The highest BCUT2D eigenvalue weighted by Gasteiger charge is 2.36. The van der Waals surface area contributed by atoms with E-state index in [0.29, 0.717) is 28.3 Å². The minimum atomic E-state index is -1.02. The van der Waals surface area contributed by atoms with Crippen LogP contribution in [-0.2, 0) is 16.0 Å². The molecule has 1 atom stereocenters. The van der Waals surface area contributed by atoms with Crippen LogP contribution in [0.3, 0.4) is 0 Å². The number of halogens is 2. The molecule has 1 unspecified atom stereocenters. The van der Waals surface area contributed by atoms with Gasteiger partial charge in [0.25, 0.3) is 0 Å². The lowest BCUT2D eigenvalue weighted by atomic mass is 9.93. The number of carbonyl (C=O) groups excluding carboxylic acids is 1. The van der Waals surface area contributed by atoms with Gasteiger partial charge in [-0.25, -0.2) is 4.79 Å². The number of benzene rings is 2. The molecule has 0 spiro atoms. The first-order valence-electron chi connectivity index (χ1n) is 11.2. The number of hydrogen-bond donors (Lipinski definition) is 1. The number of carbonyl (C=O) groups is 2. The summed E-state index contributed by atoms with van der Waals surface area (Å²) in [6.45, 7) is 0.446. The van der Waals surface area contributed by atoms with E-state index >= 15 is 0 Å². The Morgan fingerprint density at radius 2 is 1.66 bits per heavy atom. The second kappa shape index (κ2) is 10.1. The lowest BCUT2D eigenvalue weighted by Crippen LogP contribution is -2.39. The first-order chi connectivity index (χ1) is 15.4. The monoisotopic (exact) mass is 475 g/mol. The van der Waals surface area contributed by atoms with Gasteiger partial charge in [0, 0.05) is 28.5 Å². The molecule has 1 N–H and O–H groups in total. The Balaban J connectivity index is 1.45. The minimum Gasteiger partial charge on any atom is -0.482 e. The van der Waals surface area contributed by atoms with Crippen LogP contribution in [0.4, 0.5) is 0 Å². The van der Waals surface area contributed by atoms with E-state index in [-0.39, 0.29) is 18.4 Å². The third kappa shape index (κ3) is 5.21. The highest BCUT2D eigenvalue weighted by atomic mass is 35.5. The average molecular weight is 476 g/mol. The largest absolute Gasteiger partial charge is 0.482 e. The molecular formula is C25H27Cl2NO4. The van der Waals surface area contributed by atoms with Crippen molar-refractivity contribution in [3.63, 3.8) is 0 Å². The zero-order chi connectivity index (χ0) is 22.7. The number of amides is 1. The second-order valence-corrected chi connectivity index (χ2v) is 9.45. The van der Waals surface area contributed by atoms with Crippen LogP contribution < -0.4 is 4.74 Å². The Morgan fingerprint density at radius 3 is 2.28 bits per heavy atom. The number of likely N-dealkylation sites (tertiary alicyclic amines) is 1. The smallest absolute Gasteiger partial charge is 0.341 e. The maximum Gasteiger partial charge on any atom is 0.341 e. The van der Waals surface area contributed by atoms with E-state index in [0.717, 1.165) is 42.5 Å². The van der Waals surface area contributed by atoms with Gasteiger partial charge in [-0.15, -0.1) is 0 Å². The molecule has 1 saturated heterocycles. The van der Waals surface area contributed by atoms with Crippen LogP contribution in [0, 0.1) is 5.92 Å². The number of carboxylic acid groups (broad SMARTS) is 1. The number of ether oxygens (including phenoxy) is 1. The molecule has 2 aromatic rings. The van der Waals surface area contributed by atoms with E-state index in [1.165, 1.54) is 19.3 Å². The van der Waals surface area contributed by atoms with Crippen molar-refractivity contribution in [3.05, 3.63) is 52.0 Å². The lowest BCUT2D eigenvalue weighted by molar-refractivity contribution is -0.139. The summed E-state index contributed by atoms with van der Waals surface area (Å²) in [5.41, 5.74) is 2.57. The summed E-state index contributed by atoms with van der Waals surface area (Å²) in [6, 6.07) is 11.2. The van der Waals surface area contributed by atoms with Crippen LogP contribution >= 0.6 is 23.2 Å². The van der Waals surface area contributed by atoms with Crippen molar-refractivity contribution >= 4 is 35.1 Å². The third-order valence-electron chi connectivity index (χ3n) is 6.51. The predicted molar refractivity (Wildman–Crippen MR) is 125 cm³/mol. The quantitative estimate of drug-likeness (QED) is 0.545. The highest BCUT2D eigenvalue weighted by Crippen LogP contribution is 2.37. The molecular weight excluding hydrogens is 449 g/mol. The van der Waals surface area contributed by atoms with Gasteiger partial charge in [-0.2, -0.15) is 0 Å². The van der Waals surface area contributed by atoms with Gasteiger partial charge in [0.2, 0.25) is 5.91 Å². The molecule has 4 rings (SSSR count). The van der Waals surface area contributed by atoms with Crippen molar-refractivity contribution in [2.45, 2.75) is 51.0 Å². The minimum absolute atomic E-state index is 0.0663. The van der Waals surface area contributed by atoms with Crippen molar-refractivity contribution in [1.29, 1.82) is 0 Å². The van der Waals surface area contributed by atoms with Crippen molar-refractivity contribution in [2.24, 2.45) is 5.92 Å². The SMILES string of the molecule is O=C(O)COc1ccc(-c2cc(Cl)c(CC3CCN(C4CCCCC4)C3=O)c(Cl)c2)cc1. The summed E-state index contributed by atoms with van der Waals surface area (Å²) >= 11 is 13.2. The fraction of sp³-hybridized carbons (Fsp3) is 0.440. The summed E-state index contributed by atoms with van der Waals surface area (Å²) in [7, 11) is 0. The van der Waals surface area contributed by atoms with Crippen LogP contribution in [0.2, 0.25) is 10.0 Å². The average Bonchev–Trinajstić information content (AvgIpc) is 3.15. The van der Waals surface area contributed by atoms with Gasteiger partial charge >= 0.3 is 5.97 Å². The molecule has 0 radical (unpaired) electrons. The van der Waals surface area contributed by atoms with Crippen molar-refractivity contribution in [1.82, 2.24) is 4.90 Å².